The number of benzene rings is 2. The molecule has 5 heteroatoms. The van der Waals surface area contributed by atoms with Gasteiger partial charge in [-0.25, -0.2) is 9.55 Å². The van der Waals surface area contributed by atoms with E-state index in [0.717, 1.165) is 27.1 Å². The molecule has 4 aromatic rings. The SMILES string of the molecule is Brc1cccc(-n2c[n+](-c3ccccc3)c3nccnc32)c1. The van der Waals surface area contributed by atoms with Gasteiger partial charge in [-0.15, -0.1) is 4.98 Å². The zero-order chi connectivity index (χ0) is 14.9. The summed E-state index contributed by atoms with van der Waals surface area (Å²) in [4.78, 5) is 8.99. The summed E-state index contributed by atoms with van der Waals surface area (Å²) in [5, 5.41) is 0. The summed E-state index contributed by atoms with van der Waals surface area (Å²) in [5.74, 6) is 0. The molecular formula is C17H12BrN4+. The van der Waals surface area contributed by atoms with Crippen molar-refractivity contribution < 1.29 is 4.57 Å². The van der Waals surface area contributed by atoms with Crippen molar-refractivity contribution in [2.75, 3.05) is 0 Å². The molecule has 0 spiro atoms. The second-order valence-corrected chi connectivity index (χ2v) is 5.79. The molecule has 0 fully saturated rings. The summed E-state index contributed by atoms with van der Waals surface area (Å²) in [7, 11) is 0. The molecular weight excluding hydrogens is 340 g/mol. The zero-order valence-electron chi connectivity index (χ0n) is 11.6. The van der Waals surface area contributed by atoms with Crippen LogP contribution in [0.25, 0.3) is 22.7 Å². The van der Waals surface area contributed by atoms with Crippen LogP contribution in [0.15, 0.2) is 77.8 Å². The van der Waals surface area contributed by atoms with E-state index < -0.39 is 0 Å². The molecule has 0 saturated carbocycles. The minimum atomic E-state index is 0.824. The van der Waals surface area contributed by atoms with Crippen LogP contribution in [0.3, 0.4) is 0 Å². The minimum absolute atomic E-state index is 0.824. The van der Waals surface area contributed by atoms with Gasteiger partial charge in [-0.3, -0.25) is 0 Å². The Bertz CT molecular complexity index is 947. The second-order valence-electron chi connectivity index (χ2n) is 4.87. The van der Waals surface area contributed by atoms with Crippen LogP contribution in [0.4, 0.5) is 0 Å². The van der Waals surface area contributed by atoms with Crippen molar-refractivity contribution in [3.8, 4) is 11.4 Å². The Labute approximate surface area is 135 Å². The number of hydrogen-bond acceptors (Lipinski definition) is 2. The van der Waals surface area contributed by atoms with E-state index in [1.54, 1.807) is 12.4 Å². The van der Waals surface area contributed by atoms with Crippen molar-refractivity contribution in [3.05, 3.63) is 77.8 Å². The molecule has 4 nitrogen and oxygen atoms in total. The Morgan fingerprint density at radius 3 is 2.55 bits per heavy atom. The average molecular weight is 352 g/mol. The molecule has 0 unspecified atom stereocenters. The summed E-state index contributed by atoms with van der Waals surface area (Å²) in [6, 6.07) is 18.3. The first kappa shape index (κ1) is 13.2. The highest BCUT2D eigenvalue weighted by Crippen LogP contribution is 2.19. The standard InChI is InChI=1S/C17H12BrN4/c18-13-5-4-8-15(11-13)22-12-21(14-6-2-1-3-7-14)16-17(22)20-10-9-19-16/h1-12H/q+1. The summed E-state index contributed by atoms with van der Waals surface area (Å²) in [6.45, 7) is 0. The average Bonchev–Trinajstić information content (AvgIpc) is 2.95. The lowest BCUT2D eigenvalue weighted by atomic mass is 10.3. The van der Waals surface area contributed by atoms with Gasteiger partial charge in [0.2, 0.25) is 6.33 Å². The van der Waals surface area contributed by atoms with Gasteiger partial charge < -0.3 is 0 Å². The van der Waals surface area contributed by atoms with Crippen LogP contribution in [0.5, 0.6) is 0 Å². The third-order valence-corrected chi connectivity index (χ3v) is 3.96. The fourth-order valence-corrected chi connectivity index (χ4v) is 2.87. The van der Waals surface area contributed by atoms with Gasteiger partial charge in [-0.1, -0.05) is 40.2 Å². The normalized spacial score (nSPS) is 11.0. The lowest BCUT2D eigenvalue weighted by molar-refractivity contribution is -0.570. The van der Waals surface area contributed by atoms with Crippen LogP contribution in [0, 0.1) is 0 Å². The van der Waals surface area contributed by atoms with E-state index in [-0.39, 0.29) is 0 Å². The minimum Gasteiger partial charge on any atom is -0.215 e. The second kappa shape index (κ2) is 5.35. The van der Waals surface area contributed by atoms with Crippen molar-refractivity contribution in [1.29, 1.82) is 0 Å². The summed E-state index contributed by atoms with van der Waals surface area (Å²) >= 11 is 3.52. The van der Waals surface area contributed by atoms with E-state index in [1.165, 1.54) is 0 Å². The molecule has 0 saturated heterocycles. The Balaban J connectivity index is 2.01. The number of halogens is 1. The maximum absolute atomic E-state index is 4.50. The number of fused-ring (bicyclic) bond motifs is 1. The van der Waals surface area contributed by atoms with E-state index in [9.17, 15) is 0 Å². The van der Waals surface area contributed by atoms with Gasteiger partial charge >= 0.3 is 5.65 Å². The lowest BCUT2D eigenvalue weighted by Gasteiger charge is -1.98. The van der Waals surface area contributed by atoms with Crippen LogP contribution < -0.4 is 4.57 Å². The molecule has 0 aliphatic heterocycles. The molecule has 0 aliphatic carbocycles. The Morgan fingerprint density at radius 2 is 1.73 bits per heavy atom. The lowest BCUT2D eigenvalue weighted by Crippen LogP contribution is -2.29. The predicted octanol–water partition coefficient (Wildman–Crippen LogP) is 3.46. The molecule has 0 N–H and O–H groups in total. The third-order valence-electron chi connectivity index (χ3n) is 3.47. The van der Waals surface area contributed by atoms with E-state index in [4.69, 9.17) is 0 Å². The fourth-order valence-electron chi connectivity index (χ4n) is 2.48. The van der Waals surface area contributed by atoms with Crippen LogP contribution in [-0.2, 0) is 0 Å². The van der Waals surface area contributed by atoms with Crippen molar-refractivity contribution >= 4 is 27.2 Å². The molecule has 0 aliphatic rings. The van der Waals surface area contributed by atoms with Crippen molar-refractivity contribution in [3.63, 3.8) is 0 Å². The molecule has 0 radical (unpaired) electrons. The van der Waals surface area contributed by atoms with Crippen molar-refractivity contribution in [1.82, 2.24) is 14.5 Å². The zero-order valence-corrected chi connectivity index (χ0v) is 13.2. The van der Waals surface area contributed by atoms with Crippen LogP contribution in [0.1, 0.15) is 0 Å². The monoisotopic (exact) mass is 351 g/mol. The first-order valence-corrected chi connectivity index (χ1v) is 7.67. The van der Waals surface area contributed by atoms with Crippen LogP contribution in [-0.4, -0.2) is 14.5 Å². The third kappa shape index (κ3) is 2.19. The highest BCUT2D eigenvalue weighted by atomic mass is 79.9. The molecule has 0 amide bonds. The van der Waals surface area contributed by atoms with Crippen LogP contribution in [0.2, 0.25) is 0 Å². The number of hydrogen-bond donors (Lipinski definition) is 0. The predicted molar refractivity (Wildman–Crippen MR) is 88.1 cm³/mol. The summed E-state index contributed by atoms with van der Waals surface area (Å²) < 4.78 is 5.12. The molecule has 22 heavy (non-hydrogen) atoms. The number of para-hydroxylation sites is 1. The highest BCUT2D eigenvalue weighted by molar-refractivity contribution is 9.10. The van der Waals surface area contributed by atoms with Gasteiger partial charge in [0.25, 0.3) is 5.65 Å². The largest absolute Gasteiger partial charge is 0.327 e. The first-order chi connectivity index (χ1) is 10.8. The molecule has 2 aromatic heterocycles. The molecule has 0 bridgehead atoms. The van der Waals surface area contributed by atoms with Gasteiger partial charge in [-0.05, 0) is 30.3 Å². The van der Waals surface area contributed by atoms with E-state index in [0.29, 0.717) is 0 Å². The Morgan fingerprint density at radius 1 is 0.909 bits per heavy atom. The number of rotatable bonds is 2. The van der Waals surface area contributed by atoms with Gasteiger partial charge in [0, 0.05) is 4.47 Å². The van der Waals surface area contributed by atoms with Gasteiger partial charge in [-0.2, -0.15) is 4.57 Å². The smallest absolute Gasteiger partial charge is 0.215 e. The van der Waals surface area contributed by atoms with Gasteiger partial charge in [0.05, 0.1) is 6.20 Å². The molecule has 106 valence electrons. The van der Waals surface area contributed by atoms with E-state index in [2.05, 4.69) is 44.1 Å². The maximum atomic E-state index is 4.50. The topological polar surface area (TPSA) is 34.6 Å². The number of imidazole rings is 1. The number of nitrogens with zero attached hydrogens (tertiary/aromatic N) is 4. The van der Waals surface area contributed by atoms with E-state index >= 15 is 0 Å². The molecule has 2 heterocycles. The summed E-state index contributed by atoms with van der Waals surface area (Å²) in [5.41, 5.74) is 3.74. The number of aromatic nitrogens is 4. The Kier molecular flexibility index (Phi) is 3.20. The van der Waals surface area contributed by atoms with E-state index in [1.807, 2.05) is 51.9 Å². The first-order valence-electron chi connectivity index (χ1n) is 6.88. The Hall–Kier alpha value is -2.53. The fraction of sp³-hybridized carbons (Fsp3) is 0. The quantitative estimate of drug-likeness (QED) is 0.518. The van der Waals surface area contributed by atoms with Gasteiger partial charge in [0.15, 0.2) is 0 Å². The van der Waals surface area contributed by atoms with Crippen molar-refractivity contribution in [2.45, 2.75) is 0 Å². The highest BCUT2D eigenvalue weighted by Gasteiger charge is 2.20. The summed E-state index contributed by atoms with van der Waals surface area (Å²) in [6.07, 6.45) is 5.45. The van der Waals surface area contributed by atoms with Gasteiger partial charge in [0.1, 0.15) is 17.6 Å². The van der Waals surface area contributed by atoms with Crippen LogP contribution >= 0.6 is 15.9 Å². The molecule has 2 aromatic carbocycles. The molecule has 0 atom stereocenters. The van der Waals surface area contributed by atoms with Crippen molar-refractivity contribution in [2.24, 2.45) is 0 Å². The maximum Gasteiger partial charge on any atom is 0.327 e. The molecule has 4 rings (SSSR count).